The lowest BCUT2D eigenvalue weighted by atomic mass is 10.1. The molecule has 0 unspecified atom stereocenters. The van der Waals surface area contributed by atoms with Gasteiger partial charge in [-0.1, -0.05) is 18.2 Å². The molecule has 92 valence electrons. The van der Waals surface area contributed by atoms with E-state index in [1.54, 1.807) is 12.3 Å². The Morgan fingerprint density at radius 3 is 2.72 bits per heavy atom. The predicted octanol–water partition coefficient (Wildman–Crippen LogP) is 2.88. The number of para-hydroxylation sites is 1. The zero-order valence-corrected chi connectivity index (χ0v) is 10.8. The van der Waals surface area contributed by atoms with E-state index in [4.69, 9.17) is 0 Å². The van der Waals surface area contributed by atoms with Crippen molar-refractivity contribution in [2.45, 2.75) is 6.92 Å². The molecule has 1 aromatic heterocycles. The van der Waals surface area contributed by atoms with Gasteiger partial charge in [0.05, 0.1) is 5.52 Å². The highest BCUT2D eigenvalue weighted by Gasteiger charge is 2.05. The SMILES string of the molecule is C/C(=C\C(=O)c1cnc2ccccc2c1)N(C)C. The first-order valence-corrected chi connectivity index (χ1v) is 5.82. The van der Waals surface area contributed by atoms with Gasteiger partial charge >= 0.3 is 0 Å². The topological polar surface area (TPSA) is 33.2 Å². The minimum atomic E-state index is -0.0144. The molecule has 18 heavy (non-hydrogen) atoms. The first kappa shape index (κ1) is 12.3. The molecular weight excluding hydrogens is 224 g/mol. The van der Waals surface area contributed by atoms with Gasteiger partial charge < -0.3 is 4.90 Å². The summed E-state index contributed by atoms with van der Waals surface area (Å²) in [4.78, 5) is 18.3. The minimum Gasteiger partial charge on any atom is -0.381 e. The Hall–Kier alpha value is -2.16. The zero-order chi connectivity index (χ0) is 13.1. The fraction of sp³-hybridized carbons (Fsp3) is 0.200. The molecule has 3 heteroatoms. The van der Waals surface area contributed by atoms with Crippen molar-refractivity contribution in [1.29, 1.82) is 0 Å². The average Bonchev–Trinajstić information content (AvgIpc) is 2.37. The van der Waals surface area contributed by atoms with Gasteiger partial charge in [-0.15, -0.1) is 0 Å². The summed E-state index contributed by atoms with van der Waals surface area (Å²) in [6, 6.07) is 9.66. The quantitative estimate of drug-likeness (QED) is 0.611. The molecule has 0 aliphatic heterocycles. The summed E-state index contributed by atoms with van der Waals surface area (Å²) < 4.78 is 0. The molecule has 1 aromatic carbocycles. The first-order chi connectivity index (χ1) is 8.58. The fourth-order valence-corrected chi connectivity index (χ4v) is 1.61. The van der Waals surface area contributed by atoms with Gasteiger partial charge in [-0.05, 0) is 19.1 Å². The van der Waals surface area contributed by atoms with E-state index in [2.05, 4.69) is 4.98 Å². The Morgan fingerprint density at radius 1 is 1.28 bits per heavy atom. The van der Waals surface area contributed by atoms with E-state index in [1.165, 1.54) is 0 Å². The van der Waals surface area contributed by atoms with Gasteiger partial charge in [-0.3, -0.25) is 9.78 Å². The molecule has 0 aliphatic carbocycles. The maximum absolute atomic E-state index is 12.1. The standard InChI is InChI=1S/C15H16N2O/c1-11(17(2)3)8-15(18)13-9-12-6-4-5-7-14(12)16-10-13/h4-10H,1-3H3/b11-8+. The summed E-state index contributed by atoms with van der Waals surface area (Å²) in [5.41, 5.74) is 2.45. The Kier molecular flexibility index (Phi) is 3.42. The highest BCUT2D eigenvalue weighted by Crippen LogP contribution is 2.14. The Bertz CT molecular complexity index is 615. The van der Waals surface area contributed by atoms with Crippen LogP contribution in [0.2, 0.25) is 0 Å². The number of hydrogen-bond donors (Lipinski definition) is 0. The number of hydrogen-bond acceptors (Lipinski definition) is 3. The summed E-state index contributed by atoms with van der Waals surface area (Å²) in [7, 11) is 3.83. The third kappa shape index (κ3) is 2.56. The number of allylic oxidation sites excluding steroid dienone is 2. The molecule has 0 radical (unpaired) electrons. The summed E-state index contributed by atoms with van der Waals surface area (Å²) in [6.45, 7) is 1.91. The third-order valence-corrected chi connectivity index (χ3v) is 2.92. The van der Waals surface area contributed by atoms with E-state index in [1.807, 2.05) is 56.3 Å². The van der Waals surface area contributed by atoms with Crippen molar-refractivity contribution in [3.63, 3.8) is 0 Å². The number of carbonyl (C=O) groups is 1. The second-order valence-electron chi connectivity index (χ2n) is 4.46. The van der Waals surface area contributed by atoms with E-state index in [9.17, 15) is 4.79 Å². The van der Waals surface area contributed by atoms with Crippen molar-refractivity contribution in [3.05, 3.63) is 53.9 Å². The summed E-state index contributed by atoms with van der Waals surface area (Å²) >= 11 is 0. The molecule has 2 aromatic rings. The van der Waals surface area contributed by atoms with Gasteiger partial charge in [0, 0.05) is 43.0 Å². The third-order valence-electron chi connectivity index (χ3n) is 2.92. The number of rotatable bonds is 3. The highest BCUT2D eigenvalue weighted by atomic mass is 16.1. The van der Waals surface area contributed by atoms with Crippen LogP contribution in [0, 0.1) is 0 Å². The van der Waals surface area contributed by atoms with Crippen molar-refractivity contribution in [2.75, 3.05) is 14.1 Å². The number of nitrogens with zero attached hydrogens (tertiary/aromatic N) is 2. The maximum atomic E-state index is 12.1. The molecule has 0 spiro atoms. The monoisotopic (exact) mass is 240 g/mol. The smallest absolute Gasteiger partial charge is 0.189 e. The molecule has 0 N–H and O–H groups in total. The molecule has 0 atom stereocenters. The average molecular weight is 240 g/mol. The van der Waals surface area contributed by atoms with Gasteiger partial charge in [0.25, 0.3) is 0 Å². The van der Waals surface area contributed by atoms with Gasteiger partial charge in [0.15, 0.2) is 5.78 Å². The lowest BCUT2D eigenvalue weighted by Crippen LogP contribution is -2.10. The zero-order valence-electron chi connectivity index (χ0n) is 10.8. The fourth-order valence-electron chi connectivity index (χ4n) is 1.61. The Morgan fingerprint density at radius 2 is 2.00 bits per heavy atom. The van der Waals surface area contributed by atoms with Crippen LogP contribution in [0.15, 0.2) is 48.3 Å². The Balaban J connectivity index is 2.37. The number of aromatic nitrogens is 1. The molecule has 3 nitrogen and oxygen atoms in total. The molecule has 1 heterocycles. The normalized spacial score (nSPS) is 11.6. The lowest BCUT2D eigenvalue weighted by molar-refractivity contribution is 0.104. The van der Waals surface area contributed by atoms with Crippen LogP contribution in [-0.4, -0.2) is 29.8 Å². The molecule has 2 rings (SSSR count). The number of ketones is 1. The van der Waals surface area contributed by atoms with E-state index in [-0.39, 0.29) is 5.78 Å². The van der Waals surface area contributed by atoms with Crippen LogP contribution >= 0.6 is 0 Å². The van der Waals surface area contributed by atoms with Crippen LogP contribution in [0.1, 0.15) is 17.3 Å². The summed E-state index contributed by atoms with van der Waals surface area (Å²) in [5, 5.41) is 0.985. The molecule has 0 saturated heterocycles. The number of fused-ring (bicyclic) bond motifs is 1. The molecule has 0 bridgehead atoms. The van der Waals surface area contributed by atoms with Gasteiger partial charge in [0.1, 0.15) is 0 Å². The molecular formula is C15H16N2O. The summed E-state index contributed by atoms with van der Waals surface area (Å²) in [6.07, 6.45) is 3.26. The number of carbonyl (C=O) groups excluding carboxylic acids is 1. The van der Waals surface area contributed by atoms with Crippen LogP contribution in [0.25, 0.3) is 10.9 Å². The van der Waals surface area contributed by atoms with Gasteiger partial charge in [0.2, 0.25) is 0 Å². The summed E-state index contributed by atoms with van der Waals surface area (Å²) in [5.74, 6) is -0.0144. The highest BCUT2D eigenvalue weighted by molar-refractivity contribution is 6.06. The van der Waals surface area contributed by atoms with Crippen LogP contribution in [0.5, 0.6) is 0 Å². The largest absolute Gasteiger partial charge is 0.381 e. The van der Waals surface area contributed by atoms with E-state index >= 15 is 0 Å². The molecule has 0 aliphatic rings. The molecule has 0 amide bonds. The van der Waals surface area contributed by atoms with E-state index in [0.717, 1.165) is 16.6 Å². The van der Waals surface area contributed by atoms with Crippen LogP contribution in [0.3, 0.4) is 0 Å². The van der Waals surface area contributed by atoms with Gasteiger partial charge in [-0.2, -0.15) is 0 Å². The number of benzene rings is 1. The predicted molar refractivity (Wildman–Crippen MR) is 73.5 cm³/mol. The Labute approximate surface area is 107 Å². The van der Waals surface area contributed by atoms with Gasteiger partial charge in [-0.25, -0.2) is 0 Å². The second kappa shape index (κ2) is 5.00. The van der Waals surface area contributed by atoms with Crippen LogP contribution < -0.4 is 0 Å². The number of pyridine rings is 1. The van der Waals surface area contributed by atoms with Crippen molar-refractivity contribution in [1.82, 2.24) is 9.88 Å². The van der Waals surface area contributed by atoms with Crippen molar-refractivity contribution in [2.24, 2.45) is 0 Å². The van der Waals surface area contributed by atoms with Crippen LogP contribution in [0.4, 0.5) is 0 Å². The molecule has 0 saturated carbocycles. The van der Waals surface area contributed by atoms with Crippen molar-refractivity contribution >= 4 is 16.7 Å². The minimum absolute atomic E-state index is 0.0144. The van der Waals surface area contributed by atoms with Crippen molar-refractivity contribution < 1.29 is 4.79 Å². The van der Waals surface area contributed by atoms with Crippen LogP contribution in [-0.2, 0) is 0 Å². The van der Waals surface area contributed by atoms with Crippen molar-refractivity contribution in [3.8, 4) is 0 Å². The molecule has 0 fully saturated rings. The van der Waals surface area contributed by atoms with E-state index < -0.39 is 0 Å². The lowest BCUT2D eigenvalue weighted by Gasteiger charge is -2.11. The van der Waals surface area contributed by atoms with E-state index in [0.29, 0.717) is 5.56 Å². The first-order valence-electron chi connectivity index (χ1n) is 5.82. The second-order valence-corrected chi connectivity index (χ2v) is 4.46. The maximum Gasteiger partial charge on any atom is 0.189 e.